The number of carboxylic acid groups (broad SMARTS) is 1. The standard InChI is InChI=1S/C11H18O2/c12-11(13)7-6-9-5-4-8-2-1-3-10(8)9/h8-10H,1-7H2,(H,12,13). The molecule has 13 heavy (non-hydrogen) atoms. The van der Waals surface area contributed by atoms with E-state index in [4.69, 9.17) is 5.11 Å². The van der Waals surface area contributed by atoms with E-state index in [0.29, 0.717) is 6.42 Å². The Morgan fingerprint density at radius 2 is 2.08 bits per heavy atom. The van der Waals surface area contributed by atoms with Gasteiger partial charge in [-0.2, -0.15) is 0 Å². The lowest BCUT2D eigenvalue weighted by Crippen LogP contribution is -2.10. The van der Waals surface area contributed by atoms with Crippen molar-refractivity contribution in [3.05, 3.63) is 0 Å². The molecule has 2 aliphatic carbocycles. The quantitative estimate of drug-likeness (QED) is 0.728. The molecule has 0 heterocycles. The van der Waals surface area contributed by atoms with Gasteiger partial charge < -0.3 is 5.11 Å². The van der Waals surface area contributed by atoms with Gasteiger partial charge in [-0.1, -0.05) is 12.8 Å². The summed E-state index contributed by atoms with van der Waals surface area (Å²) in [6, 6.07) is 0. The highest BCUT2D eigenvalue weighted by Crippen LogP contribution is 2.48. The molecule has 2 aliphatic rings. The molecule has 0 aliphatic heterocycles. The average Bonchev–Trinajstić information content (AvgIpc) is 2.60. The molecule has 0 aromatic rings. The van der Waals surface area contributed by atoms with Crippen LogP contribution in [0.1, 0.15) is 44.9 Å². The van der Waals surface area contributed by atoms with Crippen molar-refractivity contribution in [3.63, 3.8) is 0 Å². The fourth-order valence-corrected chi connectivity index (χ4v) is 3.35. The van der Waals surface area contributed by atoms with Crippen molar-refractivity contribution >= 4 is 5.97 Å². The Bertz CT molecular complexity index is 200. The Labute approximate surface area is 79.3 Å². The molecular weight excluding hydrogens is 164 g/mol. The Morgan fingerprint density at radius 3 is 2.85 bits per heavy atom. The number of aliphatic carboxylic acids is 1. The minimum absolute atomic E-state index is 0.383. The summed E-state index contributed by atoms with van der Waals surface area (Å²) in [6.45, 7) is 0. The fourth-order valence-electron chi connectivity index (χ4n) is 3.35. The maximum Gasteiger partial charge on any atom is 0.303 e. The first-order valence-electron chi connectivity index (χ1n) is 5.49. The van der Waals surface area contributed by atoms with E-state index in [1.54, 1.807) is 0 Å². The normalized spacial score (nSPS) is 37.7. The van der Waals surface area contributed by atoms with Crippen LogP contribution in [0, 0.1) is 17.8 Å². The SMILES string of the molecule is O=C(O)CCC1CCC2CCCC21. The first-order valence-corrected chi connectivity index (χ1v) is 5.49. The molecule has 1 N–H and O–H groups in total. The monoisotopic (exact) mass is 182 g/mol. The zero-order valence-corrected chi connectivity index (χ0v) is 8.04. The second kappa shape index (κ2) is 3.69. The van der Waals surface area contributed by atoms with E-state index in [1.165, 1.54) is 32.1 Å². The van der Waals surface area contributed by atoms with Crippen LogP contribution in [-0.4, -0.2) is 11.1 Å². The molecule has 2 nitrogen and oxygen atoms in total. The topological polar surface area (TPSA) is 37.3 Å². The Morgan fingerprint density at radius 1 is 1.23 bits per heavy atom. The van der Waals surface area contributed by atoms with Gasteiger partial charge in [0.2, 0.25) is 0 Å². The van der Waals surface area contributed by atoms with Gasteiger partial charge in [0.25, 0.3) is 0 Å². The van der Waals surface area contributed by atoms with E-state index in [2.05, 4.69) is 0 Å². The van der Waals surface area contributed by atoms with Gasteiger partial charge >= 0.3 is 5.97 Å². The number of hydrogen-bond donors (Lipinski definition) is 1. The number of carboxylic acids is 1. The minimum Gasteiger partial charge on any atom is -0.481 e. The summed E-state index contributed by atoms with van der Waals surface area (Å²) in [7, 11) is 0. The molecule has 2 fully saturated rings. The minimum atomic E-state index is -0.624. The maximum atomic E-state index is 10.4. The summed E-state index contributed by atoms with van der Waals surface area (Å²) in [5, 5.41) is 8.61. The highest BCUT2D eigenvalue weighted by Gasteiger charge is 2.38. The van der Waals surface area contributed by atoms with Gasteiger partial charge in [0, 0.05) is 6.42 Å². The largest absolute Gasteiger partial charge is 0.481 e. The maximum absolute atomic E-state index is 10.4. The van der Waals surface area contributed by atoms with Gasteiger partial charge in [-0.3, -0.25) is 4.79 Å². The van der Waals surface area contributed by atoms with Crippen molar-refractivity contribution < 1.29 is 9.90 Å². The van der Waals surface area contributed by atoms with Gasteiger partial charge in [0.1, 0.15) is 0 Å². The molecule has 2 heteroatoms. The van der Waals surface area contributed by atoms with Crippen LogP contribution in [0.3, 0.4) is 0 Å². The van der Waals surface area contributed by atoms with E-state index in [1.807, 2.05) is 0 Å². The zero-order valence-electron chi connectivity index (χ0n) is 8.04. The molecule has 0 spiro atoms. The Hall–Kier alpha value is -0.530. The molecule has 2 rings (SSSR count). The average molecular weight is 182 g/mol. The first kappa shape index (κ1) is 9.04. The molecule has 0 amide bonds. The molecule has 0 aromatic heterocycles. The van der Waals surface area contributed by atoms with Gasteiger partial charge in [-0.05, 0) is 43.4 Å². The molecular formula is C11H18O2. The number of rotatable bonds is 3. The molecule has 3 unspecified atom stereocenters. The van der Waals surface area contributed by atoms with Crippen molar-refractivity contribution in [2.24, 2.45) is 17.8 Å². The second-order valence-electron chi connectivity index (χ2n) is 4.62. The summed E-state index contributed by atoms with van der Waals surface area (Å²) in [5.74, 6) is 1.96. The first-order chi connectivity index (χ1) is 6.27. The molecule has 0 radical (unpaired) electrons. The van der Waals surface area contributed by atoms with Crippen LogP contribution in [0.15, 0.2) is 0 Å². The van der Waals surface area contributed by atoms with Crippen LogP contribution in [0.2, 0.25) is 0 Å². The van der Waals surface area contributed by atoms with Crippen LogP contribution in [-0.2, 0) is 4.79 Å². The Kier molecular flexibility index (Phi) is 2.56. The predicted octanol–water partition coefficient (Wildman–Crippen LogP) is 2.68. The van der Waals surface area contributed by atoms with Gasteiger partial charge in [-0.15, -0.1) is 0 Å². The van der Waals surface area contributed by atoms with E-state index in [9.17, 15) is 4.79 Å². The van der Waals surface area contributed by atoms with E-state index in [0.717, 1.165) is 24.2 Å². The lowest BCUT2D eigenvalue weighted by molar-refractivity contribution is -0.137. The molecule has 74 valence electrons. The van der Waals surface area contributed by atoms with Crippen molar-refractivity contribution in [3.8, 4) is 0 Å². The zero-order chi connectivity index (χ0) is 9.26. The summed E-state index contributed by atoms with van der Waals surface area (Å²) in [4.78, 5) is 10.4. The second-order valence-corrected chi connectivity index (χ2v) is 4.62. The highest BCUT2D eigenvalue weighted by atomic mass is 16.4. The van der Waals surface area contributed by atoms with Crippen LogP contribution >= 0.6 is 0 Å². The third-order valence-electron chi connectivity index (χ3n) is 3.96. The van der Waals surface area contributed by atoms with Gasteiger partial charge in [0.05, 0.1) is 0 Å². The number of hydrogen-bond acceptors (Lipinski definition) is 1. The van der Waals surface area contributed by atoms with E-state index in [-0.39, 0.29) is 0 Å². The summed E-state index contributed by atoms with van der Waals surface area (Å²) >= 11 is 0. The van der Waals surface area contributed by atoms with Crippen LogP contribution in [0.4, 0.5) is 0 Å². The third-order valence-corrected chi connectivity index (χ3v) is 3.96. The van der Waals surface area contributed by atoms with E-state index < -0.39 is 5.97 Å². The fraction of sp³-hybridized carbons (Fsp3) is 0.909. The lowest BCUT2D eigenvalue weighted by Gasteiger charge is -2.16. The summed E-state index contributed by atoms with van der Waals surface area (Å²) in [6.07, 6.45) is 8.14. The molecule has 0 aromatic carbocycles. The van der Waals surface area contributed by atoms with E-state index >= 15 is 0 Å². The van der Waals surface area contributed by atoms with Crippen molar-refractivity contribution in [1.29, 1.82) is 0 Å². The Balaban J connectivity index is 1.83. The van der Waals surface area contributed by atoms with Crippen LogP contribution < -0.4 is 0 Å². The molecule has 3 atom stereocenters. The predicted molar refractivity (Wildman–Crippen MR) is 50.4 cm³/mol. The van der Waals surface area contributed by atoms with Crippen molar-refractivity contribution in [1.82, 2.24) is 0 Å². The van der Waals surface area contributed by atoms with Gasteiger partial charge in [0.15, 0.2) is 0 Å². The molecule has 0 bridgehead atoms. The molecule has 2 saturated carbocycles. The summed E-state index contributed by atoms with van der Waals surface area (Å²) < 4.78 is 0. The third kappa shape index (κ3) is 1.87. The van der Waals surface area contributed by atoms with Crippen molar-refractivity contribution in [2.75, 3.05) is 0 Å². The van der Waals surface area contributed by atoms with Crippen LogP contribution in [0.5, 0.6) is 0 Å². The smallest absolute Gasteiger partial charge is 0.303 e. The van der Waals surface area contributed by atoms with Crippen molar-refractivity contribution in [2.45, 2.75) is 44.9 Å². The number of fused-ring (bicyclic) bond motifs is 1. The molecule has 0 saturated heterocycles. The lowest BCUT2D eigenvalue weighted by atomic mass is 9.89. The highest BCUT2D eigenvalue weighted by molar-refractivity contribution is 5.66. The number of carbonyl (C=O) groups is 1. The van der Waals surface area contributed by atoms with Crippen LogP contribution in [0.25, 0.3) is 0 Å². The van der Waals surface area contributed by atoms with Gasteiger partial charge in [-0.25, -0.2) is 0 Å². The summed E-state index contributed by atoms with van der Waals surface area (Å²) in [5.41, 5.74) is 0.